The third kappa shape index (κ3) is 1.34. The highest BCUT2D eigenvalue weighted by Gasteiger charge is 2.37. The van der Waals surface area contributed by atoms with E-state index in [0.717, 1.165) is 12.8 Å². The molecular weight excluding hydrogens is 136 g/mol. The molecule has 62 valence electrons. The van der Waals surface area contributed by atoms with E-state index in [9.17, 15) is 0 Å². The minimum Gasteiger partial charge on any atom is -0.371 e. The van der Waals surface area contributed by atoms with Gasteiger partial charge in [-0.15, -0.1) is 0 Å². The molecule has 0 aliphatic carbocycles. The summed E-state index contributed by atoms with van der Waals surface area (Å²) in [7, 11) is 0. The lowest BCUT2D eigenvalue weighted by molar-refractivity contribution is -0.133. The Kier molecular flexibility index (Phi) is 1.57. The van der Waals surface area contributed by atoms with Crippen molar-refractivity contribution >= 4 is 0 Å². The zero-order chi connectivity index (χ0) is 7.90. The van der Waals surface area contributed by atoms with Gasteiger partial charge in [0.25, 0.3) is 0 Å². The van der Waals surface area contributed by atoms with Gasteiger partial charge in [-0.2, -0.15) is 0 Å². The molecule has 0 aromatic rings. The first-order chi connectivity index (χ1) is 5.18. The van der Waals surface area contributed by atoms with E-state index in [4.69, 9.17) is 4.74 Å². The van der Waals surface area contributed by atoms with Gasteiger partial charge in [-0.1, -0.05) is 12.2 Å². The molecule has 2 aliphatic rings. The molecule has 2 rings (SSSR count). The Hall–Kier alpha value is -0.300. The fourth-order valence-electron chi connectivity index (χ4n) is 2.42. The molecule has 2 fully saturated rings. The molecule has 0 unspecified atom stereocenters. The van der Waals surface area contributed by atoms with Crippen LogP contribution in [0.5, 0.6) is 0 Å². The number of ether oxygens (including phenoxy) is 1. The lowest BCUT2D eigenvalue weighted by Crippen LogP contribution is -2.42. The Balaban J connectivity index is 2.15. The van der Waals surface area contributed by atoms with Crippen LogP contribution in [0.3, 0.4) is 0 Å². The van der Waals surface area contributed by atoms with E-state index in [2.05, 4.69) is 13.5 Å². The van der Waals surface area contributed by atoms with Crippen molar-refractivity contribution in [1.82, 2.24) is 0 Å². The van der Waals surface area contributed by atoms with Gasteiger partial charge in [0, 0.05) is 0 Å². The second-order valence-electron chi connectivity index (χ2n) is 4.21. The summed E-state index contributed by atoms with van der Waals surface area (Å²) in [5, 5.41) is 0. The lowest BCUT2D eigenvalue weighted by atomic mass is 9.81. The standard InChI is InChI=1S/C10H16O/c1-8-6-9-4-3-5-10(2,7-8)11-9/h9H,1,3-7H2,2H3/t9-,10+/m1/s1. The van der Waals surface area contributed by atoms with Crippen molar-refractivity contribution in [3.63, 3.8) is 0 Å². The number of hydrogen-bond donors (Lipinski definition) is 0. The van der Waals surface area contributed by atoms with E-state index in [1.807, 2.05) is 0 Å². The summed E-state index contributed by atoms with van der Waals surface area (Å²) < 4.78 is 5.92. The van der Waals surface area contributed by atoms with Gasteiger partial charge in [0.2, 0.25) is 0 Å². The van der Waals surface area contributed by atoms with E-state index in [1.54, 1.807) is 0 Å². The topological polar surface area (TPSA) is 9.23 Å². The van der Waals surface area contributed by atoms with E-state index in [-0.39, 0.29) is 5.60 Å². The van der Waals surface area contributed by atoms with Crippen molar-refractivity contribution in [2.45, 2.75) is 50.7 Å². The maximum Gasteiger partial charge on any atom is 0.0695 e. The Morgan fingerprint density at radius 3 is 3.18 bits per heavy atom. The maximum absolute atomic E-state index is 5.92. The zero-order valence-corrected chi connectivity index (χ0v) is 7.23. The van der Waals surface area contributed by atoms with Crippen LogP contribution in [0.1, 0.15) is 39.0 Å². The van der Waals surface area contributed by atoms with E-state index >= 15 is 0 Å². The minimum absolute atomic E-state index is 0.151. The average molecular weight is 152 g/mol. The van der Waals surface area contributed by atoms with Crippen molar-refractivity contribution in [3.05, 3.63) is 12.2 Å². The van der Waals surface area contributed by atoms with Crippen molar-refractivity contribution < 1.29 is 4.74 Å². The van der Waals surface area contributed by atoms with E-state index < -0.39 is 0 Å². The van der Waals surface area contributed by atoms with Crippen LogP contribution in [-0.4, -0.2) is 11.7 Å². The van der Waals surface area contributed by atoms with Crippen LogP contribution in [0.15, 0.2) is 12.2 Å². The summed E-state index contributed by atoms with van der Waals surface area (Å²) in [5.41, 5.74) is 1.54. The van der Waals surface area contributed by atoms with Crippen molar-refractivity contribution in [1.29, 1.82) is 0 Å². The molecule has 0 amide bonds. The molecule has 0 spiro atoms. The highest BCUT2D eigenvalue weighted by atomic mass is 16.5. The summed E-state index contributed by atoms with van der Waals surface area (Å²) in [6.45, 7) is 6.29. The molecule has 2 aliphatic heterocycles. The van der Waals surface area contributed by atoms with Crippen LogP contribution in [0.2, 0.25) is 0 Å². The molecule has 2 saturated heterocycles. The average Bonchev–Trinajstić information content (AvgIpc) is 1.82. The Morgan fingerprint density at radius 2 is 2.45 bits per heavy atom. The van der Waals surface area contributed by atoms with Crippen molar-refractivity contribution in [2.24, 2.45) is 0 Å². The molecule has 0 aromatic carbocycles. The summed E-state index contributed by atoms with van der Waals surface area (Å²) >= 11 is 0. The highest BCUT2D eigenvalue weighted by molar-refractivity contribution is 5.08. The third-order valence-electron chi connectivity index (χ3n) is 2.82. The number of fused-ring (bicyclic) bond motifs is 2. The van der Waals surface area contributed by atoms with Gasteiger partial charge in [0.05, 0.1) is 11.7 Å². The fraction of sp³-hybridized carbons (Fsp3) is 0.800. The summed E-state index contributed by atoms with van der Waals surface area (Å²) in [6.07, 6.45) is 6.50. The van der Waals surface area contributed by atoms with Crippen LogP contribution in [0.4, 0.5) is 0 Å². The third-order valence-corrected chi connectivity index (χ3v) is 2.82. The number of hydrogen-bond acceptors (Lipinski definition) is 1. The largest absolute Gasteiger partial charge is 0.371 e. The van der Waals surface area contributed by atoms with Crippen LogP contribution in [-0.2, 0) is 4.74 Å². The molecule has 2 heterocycles. The lowest BCUT2D eigenvalue weighted by Gasteiger charge is -2.44. The first-order valence-corrected chi connectivity index (χ1v) is 4.52. The van der Waals surface area contributed by atoms with Gasteiger partial charge in [0.15, 0.2) is 0 Å². The molecule has 1 heteroatoms. The first-order valence-electron chi connectivity index (χ1n) is 4.52. The smallest absolute Gasteiger partial charge is 0.0695 e. The second-order valence-corrected chi connectivity index (χ2v) is 4.21. The quantitative estimate of drug-likeness (QED) is 0.485. The second kappa shape index (κ2) is 2.34. The fourth-order valence-corrected chi connectivity index (χ4v) is 2.42. The molecule has 11 heavy (non-hydrogen) atoms. The predicted octanol–water partition coefficient (Wildman–Crippen LogP) is 2.66. The Morgan fingerprint density at radius 1 is 1.64 bits per heavy atom. The Labute approximate surface area is 68.4 Å². The monoisotopic (exact) mass is 152 g/mol. The summed E-state index contributed by atoms with van der Waals surface area (Å²) in [4.78, 5) is 0. The highest BCUT2D eigenvalue weighted by Crippen LogP contribution is 2.40. The normalized spacial score (nSPS) is 44.1. The van der Waals surface area contributed by atoms with Crippen molar-refractivity contribution in [3.8, 4) is 0 Å². The van der Waals surface area contributed by atoms with Gasteiger partial charge in [-0.25, -0.2) is 0 Å². The zero-order valence-electron chi connectivity index (χ0n) is 7.23. The molecule has 0 N–H and O–H groups in total. The molecule has 0 saturated carbocycles. The molecule has 2 bridgehead atoms. The maximum atomic E-state index is 5.92. The SMILES string of the molecule is C=C1C[C@H]2CCC[C@@](C)(C1)O2. The van der Waals surface area contributed by atoms with Crippen LogP contribution < -0.4 is 0 Å². The molecule has 0 aromatic heterocycles. The van der Waals surface area contributed by atoms with Crippen molar-refractivity contribution in [2.75, 3.05) is 0 Å². The number of rotatable bonds is 0. The minimum atomic E-state index is 0.151. The van der Waals surface area contributed by atoms with Gasteiger partial charge in [-0.05, 0) is 39.0 Å². The van der Waals surface area contributed by atoms with Gasteiger partial charge < -0.3 is 4.74 Å². The molecule has 2 atom stereocenters. The molecule has 1 nitrogen and oxygen atoms in total. The van der Waals surface area contributed by atoms with Gasteiger partial charge in [-0.3, -0.25) is 0 Å². The predicted molar refractivity (Wildman–Crippen MR) is 45.5 cm³/mol. The summed E-state index contributed by atoms with van der Waals surface area (Å²) in [5.74, 6) is 0. The van der Waals surface area contributed by atoms with E-state index in [0.29, 0.717) is 6.10 Å². The Bertz CT molecular complexity index is 185. The van der Waals surface area contributed by atoms with Crippen LogP contribution in [0.25, 0.3) is 0 Å². The first kappa shape index (κ1) is 7.35. The van der Waals surface area contributed by atoms with Gasteiger partial charge in [0.1, 0.15) is 0 Å². The molecule has 0 radical (unpaired) electrons. The van der Waals surface area contributed by atoms with E-state index in [1.165, 1.54) is 24.8 Å². The van der Waals surface area contributed by atoms with Gasteiger partial charge >= 0.3 is 0 Å². The summed E-state index contributed by atoms with van der Waals surface area (Å²) in [6, 6.07) is 0. The van der Waals surface area contributed by atoms with Crippen LogP contribution in [0, 0.1) is 0 Å². The molecular formula is C10H16O. The van der Waals surface area contributed by atoms with Crippen LogP contribution >= 0.6 is 0 Å².